The number of amides is 2. The van der Waals surface area contributed by atoms with Crippen LogP contribution in [0, 0.1) is 5.41 Å². The van der Waals surface area contributed by atoms with Crippen molar-refractivity contribution in [2.24, 2.45) is 5.41 Å². The van der Waals surface area contributed by atoms with Crippen LogP contribution in [-0.2, 0) is 35.1 Å². The quantitative estimate of drug-likeness (QED) is 0.0744. The Morgan fingerprint density at radius 3 is 1.95 bits per heavy atom. The molecule has 0 aliphatic rings. The van der Waals surface area contributed by atoms with Crippen LogP contribution >= 0.6 is 34.8 Å². The summed E-state index contributed by atoms with van der Waals surface area (Å²) in [7, 11) is -4.34. The molecule has 14 heteroatoms. The molecule has 0 saturated carbocycles. The Labute approximate surface area is 362 Å². The number of nitrogens with one attached hydrogen (secondary N) is 2. The highest BCUT2D eigenvalue weighted by molar-refractivity contribution is 7.91. The Morgan fingerprint density at radius 2 is 1.37 bits per heavy atom. The number of hydrogen-bond acceptors (Lipinski definition) is 8. The predicted molar refractivity (Wildman–Crippen MR) is 235 cm³/mol. The Hall–Kier alpha value is -4.29. The van der Waals surface area contributed by atoms with Gasteiger partial charge in [0.25, 0.3) is 11.8 Å². The number of carbonyl (C=O) groups excluding carboxylic acids is 3. The number of benzene rings is 4. The van der Waals surface area contributed by atoms with Gasteiger partial charge in [-0.15, -0.1) is 0 Å². The SMILES string of the molecule is CCC(Oc1ccc(C(C)(C)CC)cc1C(C)(C)CC)C(=O)Nc1cccc(NC(=O)C(Cl)(Oc2cccc(S(=O)(=O)c3ccc(O)c(Cl)c3)c2Cl)C(=O)C(C)(C)C)c1. The largest absolute Gasteiger partial charge is 0.506 e. The maximum absolute atomic E-state index is 14.0. The van der Waals surface area contributed by atoms with Crippen molar-refractivity contribution in [1.82, 2.24) is 0 Å². The van der Waals surface area contributed by atoms with Gasteiger partial charge in [0, 0.05) is 22.4 Å². The molecule has 4 rings (SSSR count). The lowest BCUT2D eigenvalue weighted by Crippen LogP contribution is -2.54. The summed E-state index contributed by atoms with van der Waals surface area (Å²) in [5.74, 6) is -2.44. The molecule has 3 N–H and O–H groups in total. The van der Waals surface area contributed by atoms with Gasteiger partial charge >= 0.3 is 5.06 Å². The van der Waals surface area contributed by atoms with Crippen molar-refractivity contribution in [1.29, 1.82) is 0 Å². The zero-order chi connectivity index (χ0) is 44.3. The molecule has 2 amide bonds. The number of halogens is 3. The van der Waals surface area contributed by atoms with Gasteiger partial charge in [-0.05, 0) is 90.3 Å². The van der Waals surface area contributed by atoms with Crippen LogP contribution in [0.5, 0.6) is 17.2 Å². The van der Waals surface area contributed by atoms with Crippen LogP contribution in [0.1, 0.15) is 99.6 Å². The van der Waals surface area contributed by atoms with Crippen molar-refractivity contribution in [2.45, 2.75) is 120 Å². The van der Waals surface area contributed by atoms with Gasteiger partial charge in [0.2, 0.25) is 15.6 Å². The molecule has 0 radical (unpaired) electrons. The fourth-order valence-corrected chi connectivity index (χ4v) is 8.45. The first kappa shape index (κ1) is 47.4. The number of phenols is 1. The fraction of sp³-hybridized carbons (Fsp3) is 0.400. The molecule has 2 atom stereocenters. The van der Waals surface area contributed by atoms with E-state index in [9.17, 15) is 27.9 Å². The van der Waals surface area contributed by atoms with E-state index in [1.165, 1.54) is 56.7 Å². The van der Waals surface area contributed by atoms with Gasteiger partial charge in [0.05, 0.1) is 14.8 Å². The highest BCUT2D eigenvalue weighted by Gasteiger charge is 2.52. The van der Waals surface area contributed by atoms with Crippen molar-refractivity contribution in [3.63, 3.8) is 0 Å². The van der Waals surface area contributed by atoms with E-state index in [-0.39, 0.29) is 37.9 Å². The second-order valence-corrected chi connectivity index (χ2v) is 19.9. The summed E-state index contributed by atoms with van der Waals surface area (Å²) in [5.41, 5.74) is 1.19. The van der Waals surface area contributed by atoms with Crippen molar-refractivity contribution >= 4 is 73.6 Å². The van der Waals surface area contributed by atoms with E-state index in [0.717, 1.165) is 36.6 Å². The Morgan fingerprint density at radius 1 is 0.763 bits per heavy atom. The number of alkyl halides is 1. The maximum Gasteiger partial charge on any atom is 0.320 e. The second-order valence-electron chi connectivity index (χ2n) is 16.7. The highest BCUT2D eigenvalue weighted by Crippen LogP contribution is 2.42. The molecule has 2 unspecified atom stereocenters. The molecule has 10 nitrogen and oxygen atoms in total. The summed E-state index contributed by atoms with van der Waals surface area (Å²) in [4.78, 5) is 40.9. The van der Waals surface area contributed by atoms with Crippen molar-refractivity contribution in [3.8, 4) is 17.2 Å². The summed E-state index contributed by atoms with van der Waals surface area (Å²) in [5, 5.41) is 11.9. The number of Topliss-reactive ketones (excluding diaryl/α,β-unsaturated/α-hetero) is 1. The summed E-state index contributed by atoms with van der Waals surface area (Å²) >= 11 is 19.4. The van der Waals surface area contributed by atoms with E-state index in [0.29, 0.717) is 17.9 Å². The first-order valence-corrected chi connectivity index (χ1v) is 21.9. The molecule has 0 bridgehead atoms. The van der Waals surface area contributed by atoms with Gasteiger partial charge < -0.3 is 25.2 Å². The Balaban J connectivity index is 1.61. The van der Waals surface area contributed by atoms with Gasteiger partial charge in [0.1, 0.15) is 22.3 Å². The minimum atomic E-state index is -4.34. The first-order chi connectivity index (χ1) is 27.3. The summed E-state index contributed by atoms with van der Waals surface area (Å²) < 4.78 is 39.5. The van der Waals surface area contributed by atoms with Crippen LogP contribution in [0.4, 0.5) is 11.4 Å². The molecule has 0 aliphatic heterocycles. The third kappa shape index (κ3) is 10.5. The predicted octanol–water partition coefficient (Wildman–Crippen LogP) is 11.3. The van der Waals surface area contributed by atoms with Crippen molar-refractivity contribution < 1.29 is 37.4 Å². The molecule has 318 valence electrons. The number of sulfone groups is 1. The standard InChI is InChI=1S/C45H53Cl3N2O8S/c1-11-34(57-35-23-20-27(43(7,8)12-2)24-31(35)44(9,10)13-3)39(52)49-28-16-14-17-29(25-28)50-41(54)45(48,40(53)42(4,5)6)58-36-18-15-19-37(38(36)47)59(55,56)30-21-22-33(51)32(46)26-30/h14-26,34,51H,11-13H2,1-10H3,(H,49,52)(H,50,54). The normalized spacial score (nSPS) is 13.8. The summed E-state index contributed by atoms with van der Waals surface area (Å²) in [6, 6.07) is 19.5. The van der Waals surface area contributed by atoms with Crippen LogP contribution in [0.2, 0.25) is 10.0 Å². The fourth-order valence-electron chi connectivity index (χ4n) is 5.95. The molecule has 0 aromatic heterocycles. The van der Waals surface area contributed by atoms with Crippen LogP contribution in [-0.4, -0.2) is 42.3 Å². The number of hydrogen-bond donors (Lipinski definition) is 3. The zero-order valence-electron chi connectivity index (χ0n) is 35.1. The highest BCUT2D eigenvalue weighted by atomic mass is 35.5. The summed E-state index contributed by atoms with van der Waals surface area (Å²) in [6.45, 7) is 19.5. The molecular formula is C45H53Cl3N2O8S. The van der Waals surface area contributed by atoms with Crippen LogP contribution < -0.4 is 20.1 Å². The van der Waals surface area contributed by atoms with Gasteiger partial charge in [-0.25, -0.2) is 8.42 Å². The number of anilines is 2. The zero-order valence-corrected chi connectivity index (χ0v) is 38.1. The van der Waals surface area contributed by atoms with Crippen LogP contribution in [0.25, 0.3) is 0 Å². The number of aromatic hydroxyl groups is 1. The number of ketones is 1. The second kappa shape index (κ2) is 18.1. The molecule has 0 fully saturated rings. The maximum atomic E-state index is 14.0. The van der Waals surface area contributed by atoms with Gasteiger partial charge in [0.15, 0.2) is 6.10 Å². The third-order valence-corrected chi connectivity index (χ3v) is 13.6. The molecule has 0 heterocycles. The minimum absolute atomic E-state index is 0.0409. The van der Waals surface area contributed by atoms with Crippen LogP contribution in [0.15, 0.2) is 88.7 Å². The van der Waals surface area contributed by atoms with E-state index >= 15 is 0 Å². The van der Waals surface area contributed by atoms with E-state index < -0.39 is 53.9 Å². The van der Waals surface area contributed by atoms with Gasteiger partial charge in [-0.3, -0.25) is 14.4 Å². The summed E-state index contributed by atoms with van der Waals surface area (Å²) in [6.07, 6.45) is 1.33. The number of carbonyl (C=O) groups is 3. The van der Waals surface area contributed by atoms with E-state index in [4.69, 9.17) is 44.3 Å². The molecule has 4 aromatic carbocycles. The van der Waals surface area contributed by atoms with E-state index in [1.807, 2.05) is 13.0 Å². The monoisotopic (exact) mass is 886 g/mol. The number of ether oxygens (including phenoxy) is 2. The third-order valence-electron chi connectivity index (χ3n) is 10.5. The Kier molecular flexibility index (Phi) is 14.6. The smallest absolute Gasteiger partial charge is 0.320 e. The van der Waals surface area contributed by atoms with Crippen molar-refractivity contribution in [2.75, 3.05) is 10.6 Å². The molecule has 4 aromatic rings. The van der Waals surface area contributed by atoms with Gasteiger partial charge in [-0.1, -0.05) is 128 Å². The number of phenolic OH excluding ortho intramolecular Hbond substituents is 1. The van der Waals surface area contributed by atoms with Gasteiger partial charge in [-0.2, -0.15) is 0 Å². The number of rotatable bonds is 16. The topological polar surface area (TPSA) is 148 Å². The first-order valence-electron chi connectivity index (χ1n) is 19.3. The molecule has 0 aliphatic carbocycles. The minimum Gasteiger partial charge on any atom is -0.506 e. The molecule has 0 spiro atoms. The average molecular weight is 888 g/mol. The molecular weight excluding hydrogens is 835 g/mol. The lowest BCUT2D eigenvalue weighted by atomic mass is 9.76. The van der Waals surface area contributed by atoms with E-state index in [1.54, 1.807) is 12.1 Å². The van der Waals surface area contributed by atoms with Crippen LogP contribution in [0.3, 0.4) is 0 Å². The molecule has 59 heavy (non-hydrogen) atoms. The lowest BCUT2D eigenvalue weighted by molar-refractivity contribution is -0.144. The average Bonchev–Trinajstić information content (AvgIpc) is 3.17. The Bertz CT molecular complexity index is 2340. The lowest BCUT2D eigenvalue weighted by Gasteiger charge is -2.31. The molecule has 0 saturated heterocycles. The van der Waals surface area contributed by atoms with E-state index in [2.05, 4.69) is 64.3 Å². The van der Waals surface area contributed by atoms with Crippen molar-refractivity contribution in [3.05, 3.63) is 100 Å².